The molecule has 1 aromatic carbocycles. The van der Waals surface area contributed by atoms with E-state index >= 15 is 0 Å². The molecular weight excluding hydrogens is 270 g/mol. The lowest BCUT2D eigenvalue weighted by Crippen LogP contribution is -2.46. The number of morpholine rings is 1. The number of amides is 1. The van der Waals surface area contributed by atoms with Crippen molar-refractivity contribution in [3.8, 4) is 0 Å². The molecule has 3 nitrogen and oxygen atoms in total. The third-order valence-electron chi connectivity index (χ3n) is 2.62. The summed E-state index contributed by atoms with van der Waals surface area (Å²) in [6.07, 6.45) is 0.112. The van der Waals surface area contributed by atoms with Gasteiger partial charge in [0, 0.05) is 24.0 Å². The molecule has 1 aliphatic rings. The molecule has 1 atom stereocenters. The molecule has 1 fully saturated rings. The molecule has 0 aromatic heterocycles. The second-order valence-corrected chi connectivity index (χ2v) is 4.41. The molecule has 1 heterocycles. The monoisotopic (exact) mass is 283 g/mol. The molecule has 0 bridgehead atoms. The summed E-state index contributed by atoms with van der Waals surface area (Å²) in [4.78, 5) is 14.0. The lowest BCUT2D eigenvalue weighted by atomic mass is 10.2. The van der Waals surface area contributed by atoms with Gasteiger partial charge in [0.2, 0.25) is 0 Å². The van der Waals surface area contributed by atoms with Crippen LogP contribution in [-0.2, 0) is 4.74 Å². The number of ether oxygens (including phenoxy) is 1. The van der Waals surface area contributed by atoms with E-state index < -0.39 is 0 Å². The van der Waals surface area contributed by atoms with E-state index in [0.717, 1.165) is 10.9 Å². The van der Waals surface area contributed by atoms with Gasteiger partial charge in [-0.2, -0.15) is 0 Å². The fourth-order valence-corrected chi connectivity index (χ4v) is 2.15. The second-order valence-electron chi connectivity index (χ2n) is 3.76. The standard InChI is InChI=1S/C12H14BrNO2/c13-8-11-9-14(6-7-16-11)12(15)10-4-2-1-3-5-10/h1-5,11H,6-9H2. The quantitative estimate of drug-likeness (QED) is 0.777. The molecule has 2 rings (SSSR count). The average Bonchev–Trinajstić information content (AvgIpc) is 2.39. The molecular formula is C12H14BrNO2. The van der Waals surface area contributed by atoms with Gasteiger partial charge < -0.3 is 9.64 Å². The zero-order valence-electron chi connectivity index (χ0n) is 8.93. The highest BCUT2D eigenvalue weighted by Crippen LogP contribution is 2.11. The molecule has 0 aliphatic carbocycles. The Bertz CT molecular complexity index is 355. The van der Waals surface area contributed by atoms with Crippen LogP contribution in [0.25, 0.3) is 0 Å². The van der Waals surface area contributed by atoms with Gasteiger partial charge in [-0.3, -0.25) is 4.79 Å². The van der Waals surface area contributed by atoms with E-state index in [1.807, 2.05) is 35.2 Å². The van der Waals surface area contributed by atoms with Gasteiger partial charge in [-0.05, 0) is 12.1 Å². The molecule has 86 valence electrons. The molecule has 1 saturated heterocycles. The van der Waals surface area contributed by atoms with Gasteiger partial charge in [0.1, 0.15) is 0 Å². The van der Waals surface area contributed by atoms with Crippen molar-refractivity contribution in [3.05, 3.63) is 35.9 Å². The Balaban J connectivity index is 2.05. The summed E-state index contributed by atoms with van der Waals surface area (Å²) < 4.78 is 5.50. The van der Waals surface area contributed by atoms with Crippen LogP contribution in [-0.4, -0.2) is 41.9 Å². The maximum Gasteiger partial charge on any atom is 0.254 e. The first-order valence-corrected chi connectivity index (χ1v) is 6.45. The summed E-state index contributed by atoms with van der Waals surface area (Å²) in [5, 5.41) is 0.769. The summed E-state index contributed by atoms with van der Waals surface area (Å²) in [6.45, 7) is 1.96. The Morgan fingerprint density at radius 3 is 2.88 bits per heavy atom. The normalized spacial score (nSPS) is 20.8. The summed E-state index contributed by atoms with van der Waals surface area (Å²) in [7, 11) is 0. The Morgan fingerprint density at radius 1 is 1.44 bits per heavy atom. The molecule has 0 spiro atoms. The fraction of sp³-hybridized carbons (Fsp3) is 0.417. The van der Waals surface area contributed by atoms with Crippen LogP contribution in [0.15, 0.2) is 30.3 Å². The van der Waals surface area contributed by atoms with Gasteiger partial charge in [-0.15, -0.1) is 0 Å². The number of halogens is 1. The minimum atomic E-state index is 0.0925. The van der Waals surface area contributed by atoms with Gasteiger partial charge in [0.25, 0.3) is 5.91 Å². The topological polar surface area (TPSA) is 29.5 Å². The van der Waals surface area contributed by atoms with Gasteiger partial charge in [0.15, 0.2) is 0 Å². The minimum absolute atomic E-state index is 0.0925. The van der Waals surface area contributed by atoms with E-state index in [-0.39, 0.29) is 12.0 Å². The highest BCUT2D eigenvalue weighted by Gasteiger charge is 2.23. The fourth-order valence-electron chi connectivity index (χ4n) is 1.76. The lowest BCUT2D eigenvalue weighted by Gasteiger charge is -2.32. The number of rotatable bonds is 2. The predicted molar refractivity (Wildman–Crippen MR) is 65.9 cm³/mol. The van der Waals surface area contributed by atoms with Crippen molar-refractivity contribution >= 4 is 21.8 Å². The number of carbonyl (C=O) groups is 1. The number of hydrogen-bond acceptors (Lipinski definition) is 2. The van der Waals surface area contributed by atoms with E-state index in [1.54, 1.807) is 0 Å². The summed E-state index contributed by atoms with van der Waals surface area (Å²) in [5.74, 6) is 0.0925. The zero-order chi connectivity index (χ0) is 11.4. The Labute approximate surface area is 104 Å². The van der Waals surface area contributed by atoms with Gasteiger partial charge in [0.05, 0.1) is 12.7 Å². The van der Waals surface area contributed by atoms with Crippen LogP contribution in [0.2, 0.25) is 0 Å². The van der Waals surface area contributed by atoms with Crippen molar-refractivity contribution in [3.63, 3.8) is 0 Å². The van der Waals surface area contributed by atoms with Crippen molar-refractivity contribution in [1.29, 1.82) is 0 Å². The third-order valence-corrected chi connectivity index (χ3v) is 3.34. The van der Waals surface area contributed by atoms with Crippen LogP contribution in [0.3, 0.4) is 0 Å². The second kappa shape index (κ2) is 5.46. The van der Waals surface area contributed by atoms with Crippen LogP contribution >= 0.6 is 15.9 Å². The van der Waals surface area contributed by atoms with Crippen molar-refractivity contribution < 1.29 is 9.53 Å². The van der Waals surface area contributed by atoms with Gasteiger partial charge in [-0.1, -0.05) is 34.1 Å². The molecule has 1 unspecified atom stereocenters. The van der Waals surface area contributed by atoms with Crippen molar-refractivity contribution in [2.45, 2.75) is 6.10 Å². The number of hydrogen-bond donors (Lipinski definition) is 0. The van der Waals surface area contributed by atoms with E-state index in [0.29, 0.717) is 19.7 Å². The van der Waals surface area contributed by atoms with Crippen LogP contribution in [0.1, 0.15) is 10.4 Å². The lowest BCUT2D eigenvalue weighted by molar-refractivity contribution is -0.00964. The molecule has 1 aliphatic heterocycles. The number of nitrogens with zero attached hydrogens (tertiary/aromatic N) is 1. The number of carbonyl (C=O) groups excluding carboxylic acids is 1. The Morgan fingerprint density at radius 2 is 2.19 bits per heavy atom. The maximum absolute atomic E-state index is 12.1. The first kappa shape index (κ1) is 11.6. The predicted octanol–water partition coefficient (Wildman–Crippen LogP) is 1.92. The Hall–Kier alpha value is -0.870. The van der Waals surface area contributed by atoms with Crippen LogP contribution in [0.5, 0.6) is 0 Å². The maximum atomic E-state index is 12.1. The van der Waals surface area contributed by atoms with Crippen molar-refractivity contribution in [1.82, 2.24) is 4.90 Å². The van der Waals surface area contributed by atoms with Gasteiger partial charge in [-0.25, -0.2) is 0 Å². The largest absolute Gasteiger partial charge is 0.374 e. The van der Waals surface area contributed by atoms with E-state index in [9.17, 15) is 4.79 Å². The molecule has 0 saturated carbocycles. The number of alkyl halides is 1. The smallest absolute Gasteiger partial charge is 0.254 e. The van der Waals surface area contributed by atoms with E-state index in [4.69, 9.17) is 4.74 Å². The summed E-state index contributed by atoms with van der Waals surface area (Å²) in [6, 6.07) is 9.38. The highest BCUT2D eigenvalue weighted by atomic mass is 79.9. The molecule has 1 amide bonds. The van der Waals surface area contributed by atoms with Crippen LogP contribution in [0.4, 0.5) is 0 Å². The number of benzene rings is 1. The highest BCUT2D eigenvalue weighted by molar-refractivity contribution is 9.09. The van der Waals surface area contributed by atoms with E-state index in [2.05, 4.69) is 15.9 Å². The Kier molecular flexibility index (Phi) is 3.96. The molecule has 4 heteroatoms. The molecule has 16 heavy (non-hydrogen) atoms. The first-order chi connectivity index (χ1) is 7.81. The summed E-state index contributed by atoms with van der Waals surface area (Å²) in [5.41, 5.74) is 0.748. The van der Waals surface area contributed by atoms with E-state index in [1.165, 1.54) is 0 Å². The van der Waals surface area contributed by atoms with Crippen LogP contribution in [0, 0.1) is 0 Å². The molecule has 1 aromatic rings. The first-order valence-electron chi connectivity index (χ1n) is 5.33. The summed E-state index contributed by atoms with van der Waals surface area (Å²) >= 11 is 3.38. The van der Waals surface area contributed by atoms with Crippen molar-refractivity contribution in [2.24, 2.45) is 0 Å². The average molecular weight is 284 g/mol. The van der Waals surface area contributed by atoms with Gasteiger partial charge >= 0.3 is 0 Å². The minimum Gasteiger partial charge on any atom is -0.374 e. The SMILES string of the molecule is O=C(c1ccccc1)N1CCOC(CBr)C1. The molecule has 0 N–H and O–H groups in total. The van der Waals surface area contributed by atoms with Crippen LogP contribution < -0.4 is 0 Å². The van der Waals surface area contributed by atoms with Crippen molar-refractivity contribution in [2.75, 3.05) is 25.0 Å². The zero-order valence-corrected chi connectivity index (χ0v) is 10.5. The third kappa shape index (κ3) is 2.62. The molecule has 0 radical (unpaired) electrons.